The van der Waals surface area contributed by atoms with Crippen molar-refractivity contribution >= 4 is 43.9 Å². The lowest BCUT2D eigenvalue weighted by molar-refractivity contribution is -0.124. The van der Waals surface area contributed by atoms with Crippen molar-refractivity contribution in [1.82, 2.24) is 10.2 Å². The first kappa shape index (κ1) is 27.7. The summed E-state index contributed by atoms with van der Waals surface area (Å²) in [6.45, 7) is 10.4. The van der Waals surface area contributed by atoms with E-state index in [-0.39, 0.29) is 24.2 Å². The van der Waals surface area contributed by atoms with Gasteiger partial charge < -0.3 is 15.0 Å². The number of piperidine rings is 1. The monoisotopic (exact) mass is 610 g/mol. The Kier molecular flexibility index (Phi) is 8.37. The van der Waals surface area contributed by atoms with Crippen molar-refractivity contribution in [3.63, 3.8) is 0 Å². The number of rotatable bonds is 5. The van der Waals surface area contributed by atoms with Gasteiger partial charge in [-0.25, -0.2) is 9.18 Å². The molecule has 35 heavy (non-hydrogen) atoms. The topological polar surface area (TPSA) is 58.6 Å². The molecule has 2 aromatic carbocycles. The van der Waals surface area contributed by atoms with Crippen molar-refractivity contribution in [2.45, 2.75) is 70.4 Å². The lowest BCUT2D eigenvalue weighted by atomic mass is 9.70. The lowest BCUT2D eigenvalue weighted by Crippen LogP contribution is -2.50. The molecule has 3 rings (SSSR count). The normalized spacial score (nSPS) is 16.1. The lowest BCUT2D eigenvalue weighted by Gasteiger charge is -2.42. The number of ether oxygens (including phenoxy) is 1. The van der Waals surface area contributed by atoms with Gasteiger partial charge in [-0.15, -0.1) is 0 Å². The number of nitrogens with zero attached hydrogens (tertiary/aromatic N) is 1. The average molecular weight is 612 g/mol. The fourth-order valence-electron chi connectivity index (χ4n) is 4.50. The summed E-state index contributed by atoms with van der Waals surface area (Å²) in [5.74, 6) is -0.415. The van der Waals surface area contributed by atoms with Crippen LogP contribution in [0.4, 0.5) is 9.18 Å². The minimum atomic E-state index is -0.607. The summed E-state index contributed by atoms with van der Waals surface area (Å²) in [6, 6.07) is 12.3. The van der Waals surface area contributed by atoms with E-state index in [1.54, 1.807) is 17.0 Å². The Hall–Kier alpha value is -1.93. The Bertz CT molecular complexity index is 1050. The SMILES string of the molecule is CC(C)(C)OC(=O)N1CCC(CC(=O)NC(C)(C)c2cc(Br)cc(Br)c2)(c2ccc(F)cc2)CC1. The summed E-state index contributed by atoms with van der Waals surface area (Å²) in [5.41, 5.74) is 0.174. The van der Waals surface area contributed by atoms with Gasteiger partial charge in [0, 0.05) is 33.9 Å². The van der Waals surface area contributed by atoms with Gasteiger partial charge in [-0.05, 0) is 88.9 Å². The molecule has 2 aromatic rings. The molecule has 0 saturated carbocycles. The van der Waals surface area contributed by atoms with Crippen molar-refractivity contribution in [3.05, 3.63) is 68.4 Å². The van der Waals surface area contributed by atoms with E-state index in [0.717, 1.165) is 20.1 Å². The fraction of sp³-hybridized carbons (Fsp3) is 0.481. The number of hydrogen-bond donors (Lipinski definition) is 1. The second kappa shape index (κ2) is 10.6. The predicted octanol–water partition coefficient (Wildman–Crippen LogP) is 7.06. The van der Waals surface area contributed by atoms with Crippen molar-refractivity contribution in [3.8, 4) is 0 Å². The maximum Gasteiger partial charge on any atom is 0.410 e. The molecule has 1 aliphatic heterocycles. The van der Waals surface area contributed by atoms with Crippen molar-refractivity contribution in [1.29, 1.82) is 0 Å². The van der Waals surface area contributed by atoms with Gasteiger partial charge in [0.1, 0.15) is 11.4 Å². The van der Waals surface area contributed by atoms with E-state index in [1.165, 1.54) is 12.1 Å². The van der Waals surface area contributed by atoms with Crippen molar-refractivity contribution in [2.75, 3.05) is 13.1 Å². The molecule has 0 spiro atoms. The summed E-state index contributed by atoms with van der Waals surface area (Å²) >= 11 is 7.03. The zero-order valence-electron chi connectivity index (χ0n) is 20.9. The minimum Gasteiger partial charge on any atom is -0.444 e. The molecule has 1 fully saturated rings. The van der Waals surface area contributed by atoms with Gasteiger partial charge in [0.05, 0.1) is 5.54 Å². The molecule has 8 heteroatoms. The molecule has 190 valence electrons. The Balaban J connectivity index is 1.80. The van der Waals surface area contributed by atoms with Crippen molar-refractivity contribution in [2.24, 2.45) is 0 Å². The third-order valence-corrected chi connectivity index (χ3v) is 7.28. The van der Waals surface area contributed by atoms with Crippen LogP contribution in [0.3, 0.4) is 0 Å². The molecule has 0 aliphatic carbocycles. The Morgan fingerprint density at radius 3 is 2.06 bits per heavy atom. The summed E-state index contributed by atoms with van der Waals surface area (Å²) in [5, 5.41) is 3.19. The Morgan fingerprint density at radius 2 is 1.54 bits per heavy atom. The summed E-state index contributed by atoms with van der Waals surface area (Å²) in [6.07, 6.45) is 1.04. The molecule has 2 amide bonds. The third kappa shape index (κ3) is 7.29. The first-order valence-electron chi connectivity index (χ1n) is 11.7. The van der Waals surface area contributed by atoms with Crippen LogP contribution in [0.2, 0.25) is 0 Å². The highest BCUT2D eigenvalue weighted by atomic mass is 79.9. The smallest absolute Gasteiger partial charge is 0.410 e. The van der Waals surface area contributed by atoms with Crippen LogP contribution in [0.1, 0.15) is 65.0 Å². The summed E-state index contributed by atoms with van der Waals surface area (Å²) in [4.78, 5) is 27.7. The second-order valence-corrected chi connectivity index (χ2v) is 12.6. The van der Waals surface area contributed by atoms with Crippen LogP contribution in [0.15, 0.2) is 51.4 Å². The number of halogens is 3. The number of benzene rings is 2. The van der Waals surface area contributed by atoms with E-state index in [1.807, 2.05) is 52.8 Å². The van der Waals surface area contributed by atoms with E-state index in [2.05, 4.69) is 37.2 Å². The first-order valence-corrected chi connectivity index (χ1v) is 13.3. The zero-order chi connectivity index (χ0) is 26.0. The van der Waals surface area contributed by atoms with E-state index in [0.29, 0.717) is 25.9 Å². The number of amides is 2. The molecule has 0 bridgehead atoms. The maximum atomic E-state index is 13.7. The standard InChI is InChI=1S/C27H33Br2FN2O3/c1-25(2,3)35-24(34)32-12-10-27(11-13-32,18-6-8-22(30)9-7-18)17-23(33)31-26(4,5)19-14-20(28)16-21(29)15-19/h6-9,14-16H,10-13,17H2,1-5H3,(H,31,33). The molecule has 0 aromatic heterocycles. The number of likely N-dealkylation sites (tertiary alicyclic amines) is 1. The van der Waals surface area contributed by atoms with Gasteiger partial charge in [0.25, 0.3) is 0 Å². The molecule has 5 nitrogen and oxygen atoms in total. The van der Waals surface area contributed by atoms with Crippen molar-refractivity contribution < 1.29 is 18.7 Å². The molecular formula is C27H33Br2FN2O3. The number of carbonyl (C=O) groups excluding carboxylic acids is 2. The number of carbonyl (C=O) groups is 2. The van der Waals surface area contributed by atoms with Crippen LogP contribution in [-0.2, 0) is 20.5 Å². The highest BCUT2D eigenvalue weighted by Gasteiger charge is 2.41. The highest BCUT2D eigenvalue weighted by molar-refractivity contribution is 9.11. The van der Waals surface area contributed by atoms with Crippen LogP contribution in [0.5, 0.6) is 0 Å². The quantitative estimate of drug-likeness (QED) is 0.394. The average Bonchev–Trinajstić information content (AvgIpc) is 2.72. The molecule has 1 aliphatic rings. The van der Waals surface area contributed by atoms with Gasteiger partial charge >= 0.3 is 6.09 Å². The van der Waals surface area contributed by atoms with Gasteiger partial charge in [0.2, 0.25) is 5.91 Å². The minimum absolute atomic E-state index is 0.0962. The van der Waals surface area contributed by atoms with Crippen LogP contribution in [0, 0.1) is 5.82 Å². The van der Waals surface area contributed by atoms with E-state index < -0.39 is 16.6 Å². The predicted molar refractivity (Wildman–Crippen MR) is 143 cm³/mol. The zero-order valence-corrected chi connectivity index (χ0v) is 24.1. The van der Waals surface area contributed by atoms with Crippen LogP contribution >= 0.6 is 31.9 Å². The van der Waals surface area contributed by atoms with Crippen LogP contribution < -0.4 is 5.32 Å². The summed E-state index contributed by atoms with van der Waals surface area (Å²) in [7, 11) is 0. The molecular weight excluding hydrogens is 579 g/mol. The van der Waals surface area contributed by atoms with Crippen LogP contribution in [-0.4, -0.2) is 35.6 Å². The van der Waals surface area contributed by atoms with Gasteiger partial charge in [-0.3, -0.25) is 4.79 Å². The van der Waals surface area contributed by atoms with E-state index in [9.17, 15) is 14.0 Å². The molecule has 0 unspecified atom stereocenters. The molecule has 0 atom stereocenters. The van der Waals surface area contributed by atoms with Crippen LogP contribution in [0.25, 0.3) is 0 Å². The van der Waals surface area contributed by atoms with Gasteiger partial charge in [0.15, 0.2) is 0 Å². The number of nitrogens with one attached hydrogen (secondary N) is 1. The highest BCUT2D eigenvalue weighted by Crippen LogP contribution is 2.40. The largest absolute Gasteiger partial charge is 0.444 e. The second-order valence-electron chi connectivity index (χ2n) is 10.8. The van der Waals surface area contributed by atoms with E-state index in [4.69, 9.17) is 4.74 Å². The molecule has 1 N–H and O–H groups in total. The van der Waals surface area contributed by atoms with Gasteiger partial charge in [-0.1, -0.05) is 44.0 Å². The molecule has 0 radical (unpaired) electrons. The third-order valence-electron chi connectivity index (χ3n) is 6.36. The Morgan fingerprint density at radius 1 is 1.00 bits per heavy atom. The van der Waals surface area contributed by atoms with E-state index >= 15 is 0 Å². The molecule has 1 saturated heterocycles. The Labute approximate surface area is 224 Å². The first-order chi connectivity index (χ1) is 16.2. The maximum absolute atomic E-state index is 13.7. The van der Waals surface area contributed by atoms with Gasteiger partial charge in [-0.2, -0.15) is 0 Å². The summed E-state index contributed by atoms with van der Waals surface area (Å²) < 4.78 is 21.1. The fourth-order valence-corrected chi connectivity index (χ4v) is 5.80. The number of hydrogen-bond acceptors (Lipinski definition) is 3. The molecule has 1 heterocycles.